The van der Waals surface area contributed by atoms with E-state index in [0.29, 0.717) is 12.8 Å². The van der Waals surface area contributed by atoms with Gasteiger partial charge in [0, 0.05) is 12.7 Å². The minimum Gasteiger partial charge on any atom is -0.481 e. The average Bonchev–Trinajstić information content (AvgIpc) is 2.34. The van der Waals surface area contributed by atoms with E-state index in [1.54, 1.807) is 0 Å². The van der Waals surface area contributed by atoms with E-state index in [1.165, 1.54) is 6.20 Å². The van der Waals surface area contributed by atoms with E-state index in [2.05, 4.69) is 10.3 Å². The highest BCUT2D eigenvalue weighted by molar-refractivity contribution is 6.48. The molecule has 20 heavy (non-hydrogen) atoms. The SMILES string of the molecule is O=C(NCC1(C(=O)O)CCC1)c1ncc(Cl)c(Cl)c1Cl. The van der Waals surface area contributed by atoms with Crippen LogP contribution in [0.4, 0.5) is 0 Å². The summed E-state index contributed by atoms with van der Waals surface area (Å²) in [6.45, 7) is 0.0411. The summed E-state index contributed by atoms with van der Waals surface area (Å²) in [4.78, 5) is 27.0. The second-order valence-corrected chi connectivity index (χ2v) is 5.87. The summed E-state index contributed by atoms with van der Waals surface area (Å²) in [6.07, 6.45) is 3.16. The van der Waals surface area contributed by atoms with Gasteiger partial charge in [0.15, 0.2) is 0 Å². The summed E-state index contributed by atoms with van der Waals surface area (Å²) >= 11 is 17.5. The van der Waals surface area contributed by atoms with Gasteiger partial charge >= 0.3 is 5.97 Å². The summed E-state index contributed by atoms with van der Waals surface area (Å²) < 4.78 is 0. The van der Waals surface area contributed by atoms with Crippen LogP contribution >= 0.6 is 34.8 Å². The molecular formula is C12H11Cl3N2O3. The number of carboxylic acid groups (broad SMARTS) is 1. The van der Waals surface area contributed by atoms with Gasteiger partial charge in [0.25, 0.3) is 5.91 Å². The van der Waals surface area contributed by atoms with Crippen molar-refractivity contribution in [3.63, 3.8) is 0 Å². The lowest BCUT2D eigenvalue weighted by molar-refractivity contribution is -0.153. The van der Waals surface area contributed by atoms with Crippen molar-refractivity contribution in [2.45, 2.75) is 19.3 Å². The fraction of sp³-hybridized carbons (Fsp3) is 0.417. The Morgan fingerprint density at radius 2 is 1.95 bits per heavy atom. The second-order valence-electron chi connectivity index (χ2n) is 4.70. The van der Waals surface area contributed by atoms with Crippen molar-refractivity contribution in [3.05, 3.63) is 27.0 Å². The Bertz CT molecular complexity index is 573. The number of rotatable bonds is 4. The van der Waals surface area contributed by atoms with Crippen LogP contribution in [0.5, 0.6) is 0 Å². The molecule has 2 N–H and O–H groups in total. The Balaban J connectivity index is 2.10. The van der Waals surface area contributed by atoms with E-state index >= 15 is 0 Å². The van der Waals surface area contributed by atoms with Crippen molar-refractivity contribution < 1.29 is 14.7 Å². The van der Waals surface area contributed by atoms with Gasteiger partial charge in [-0.15, -0.1) is 0 Å². The summed E-state index contributed by atoms with van der Waals surface area (Å²) in [5.74, 6) is -1.47. The molecule has 0 unspecified atom stereocenters. The lowest BCUT2D eigenvalue weighted by Gasteiger charge is -2.37. The van der Waals surface area contributed by atoms with Gasteiger partial charge in [-0.2, -0.15) is 0 Å². The molecule has 2 rings (SSSR count). The van der Waals surface area contributed by atoms with E-state index in [1.807, 2.05) is 0 Å². The van der Waals surface area contributed by atoms with Crippen LogP contribution in [0.3, 0.4) is 0 Å². The Morgan fingerprint density at radius 1 is 1.30 bits per heavy atom. The average molecular weight is 338 g/mol. The molecule has 0 bridgehead atoms. The van der Waals surface area contributed by atoms with Crippen LogP contribution < -0.4 is 5.32 Å². The van der Waals surface area contributed by atoms with Crippen LogP contribution in [0, 0.1) is 5.41 Å². The van der Waals surface area contributed by atoms with E-state index in [9.17, 15) is 14.7 Å². The number of nitrogens with one attached hydrogen (secondary N) is 1. The third-order valence-corrected chi connectivity index (χ3v) is 4.72. The Morgan fingerprint density at radius 3 is 2.45 bits per heavy atom. The van der Waals surface area contributed by atoms with E-state index in [0.717, 1.165) is 6.42 Å². The molecule has 108 valence electrons. The van der Waals surface area contributed by atoms with Crippen molar-refractivity contribution in [1.82, 2.24) is 10.3 Å². The van der Waals surface area contributed by atoms with Gasteiger partial charge in [0.05, 0.1) is 20.5 Å². The summed E-state index contributed by atoms with van der Waals surface area (Å²) in [5, 5.41) is 11.9. The molecule has 1 fully saturated rings. The van der Waals surface area contributed by atoms with Crippen LogP contribution in [-0.2, 0) is 4.79 Å². The molecule has 8 heteroatoms. The zero-order valence-electron chi connectivity index (χ0n) is 10.3. The summed E-state index contributed by atoms with van der Waals surface area (Å²) in [6, 6.07) is 0. The minimum atomic E-state index is -0.905. The van der Waals surface area contributed by atoms with E-state index < -0.39 is 17.3 Å². The number of carboxylic acids is 1. The lowest BCUT2D eigenvalue weighted by Crippen LogP contribution is -2.47. The normalized spacial score (nSPS) is 16.4. The maximum Gasteiger partial charge on any atom is 0.311 e. The smallest absolute Gasteiger partial charge is 0.311 e. The van der Waals surface area contributed by atoms with Gasteiger partial charge in [0.2, 0.25) is 0 Å². The molecule has 1 heterocycles. The van der Waals surface area contributed by atoms with Crippen LogP contribution in [-0.4, -0.2) is 28.5 Å². The molecule has 0 aromatic carbocycles. The first kappa shape index (κ1) is 15.4. The Hall–Kier alpha value is -1.04. The standard InChI is InChI=1S/C12H11Cl3N2O3/c13-6-4-16-9(8(15)7(6)14)10(18)17-5-12(11(19)20)2-1-3-12/h4H,1-3,5H2,(H,17,18)(H,19,20). The minimum absolute atomic E-state index is 0.0411. The maximum atomic E-state index is 12.0. The van der Waals surface area contributed by atoms with Crippen molar-refractivity contribution in [1.29, 1.82) is 0 Å². The zero-order valence-corrected chi connectivity index (χ0v) is 12.5. The number of aromatic nitrogens is 1. The molecule has 1 amide bonds. The molecule has 1 aromatic heterocycles. The molecule has 0 saturated heterocycles. The number of pyridine rings is 1. The number of halogens is 3. The van der Waals surface area contributed by atoms with Gasteiger partial charge < -0.3 is 10.4 Å². The van der Waals surface area contributed by atoms with Crippen molar-refractivity contribution in [2.75, 3.05) is 6.54 Å². The monoisotopic (exact) mass is 336 g/mol. The first-order valence-electron chi connectivity index (χ1n) is 5.88. The first-order chi connectivity index (χ1) is 9.37. The summed E-state index contributed by atoms with van der Waals surface area (Å²) in [5.41, 5.74) is -0.945. The number of hydrogen-bond donors (Lipinski definition) is 2. The lowest BCUT2D eigenvalue weighted by atomic mass is 9.69. The highest BCUT2D eigenvalue weighted by atomic mass is 35.5. The number of aliphatic carboxylic acids is 1. The van der Waals surface area contributed by atoms with Crippen LogP contribution in [0.2, 0.25) is 15.1 Å². The molecule has 0 atom stereocenters. The number of hydrogen-bond acceptors (Lipinski definition) is 3. The van der Waals surface area contributed by atoms with Gasteiger partial charge in [0.1, 0.15) is 5.69 Å². The highest BCUT2D eigenvalue weighted by Gasteiger charge is 2.44. The molecule has 1 aliphatic rings. The zero-order chi connectivity index (χ0) is 14.9. The highest BCUT2D eigenvalue weighted by Crippen LogP contribution is 2.40. The predicted molar refractivity (Wildman–Crippen MR) is 75.5 cm³/mol. The van der Waals surface area contributed by atoms with Crippen LogP contribution in [0.1, 0.15) is 29.8 Å². The van der Waals surface area contributed by atoms with Gasteiger partial charge in [-0.3, -0.25) is 9.59 Å². The largest absolute Gasteiger partial charge is 0.481 e. The van der Waals surface area contributed by atoms with E-state index in [-0.39, 0.29) is 27.3 Å². The molecule has 1 saturated carbocycles. The topological polar surface area (TPSA) is 79.3 Å². The third-order valence-electron chi connectivity index (χ3n) is 3.48. The fourth-order valence-corrected chi connectivity index (χ4v) is 2.57. The number of amides is 1. The quantitative estimate of drug-likeness (QED) is 0.885. The summed E-state index contributed by atoms with van der Waals surface area (Å²) in [7, 11) is 0. The van der Waals surface area contributed by atoms with Crippen molar-refractivity contribution in [2.24, 2.45) is 5.41 Å². The number of carbonyl (C=O) groups excluding carboxylic acids is 1. The Kier molecular flexibility index (Phi) is 4.42. The van der Waals surface area contributed by atoms with Gasteiger partial charge in [-0.05, 0) is 12.8 Å². The molecule has 5 nitrogen and oxygen atoms in total. The Labute approximate surface area is 130 Å². The third kappa shape index (κ3) is 2.71. The maximum absolute atomic E-state index is 12.0. The predicted octanol–water partition coefficient (Wildman–Crippen LogP) is 3.03. The van der Waals surface area contributed by atoms with Gasteiger partial charge in [-0.1, -0.05) is 41.2 Å². The molecule has 1 aromatic rings. The van der Waals surface area contributed by atoms with Crippen LogP contribution in [0.15, 0.2) is 6.20 Å². The second kappa shape index (κ2) is 5.76. The molecular weight excluding hydrogens is 327 g/mol. The first-order valence-corrected chi connectivity index (χ1v) is 7.02. The number of nitrogens with zero attached hydrogens (tertiary/aromatic N) is 1. The van der Waals surface area contributed by atoms with E-state index in [4.69, 9.17) is 34.8 Å². The molecule has 0 spiro atoms. The molecule has 0 radical (unpaired) electrons. The fourth-order valence-electron chi connectivity index (χ4n) is 2.00. The molecule has 1 aliphatic carbocycles. The van der Waals surface area contributed by atoms with Crippen molar-refractivity contribution in [3.8, 4) is 0 Å². The van der Waals surface area contributed by atoms with Crippen molar-refractivity contribution >= 4 is 46.7 Å². The van der Waals surface area contributed by atoms with Crippen LogP contribution in [0.25, 0.3) is 0 Å². The van der Waals surface area contributed by atoms with Gasteiger partial charge in [-0.25, -0.2) is 4.98 Å². The molecule has 0 aliphatic heterocycles. The number of carbonyl (C=O) groups is 2.